The van der Waals surface area contributed by atoms with Gasteiger partial charge in [0.05, 0.1) is 43.5 Å². The van der Waals surface area contributed by atoms with Gasteiger partial charge in [0.1, 0.15) is 11.4 Å². The molecule has 16 heteroatoms. The van der Waals surface area contributed by atoms with E-state index < -0.39 is 27.9 Å². The summed E-state index contributed by atoms with van der Waals surface area (Å²) in [6, 6.07) is 15.6. The topological polar surface area (TPSA) is 119 Å². The molecule has 2 aromatic carbocycles. The van der Waals surface area contributed by atoms with Crippen molar-refractivity contribution < 1.29 is 40.7 Å². The maximum absolute atomic E-state index is 13.5. The van der Waals surface area contributed by atoms with Gasteiger partial charge in [-0.15, -0.1) is 10.2 Å². The molecular weight excluding hydrogens is 653 g/mol. The quantitative estimate of drug-likeness (QED) is 0.233. The minimum atomic E-state index is -5.32. The molecule has 0 bridgehead atoms. The van der Waals surface area contributed by atoms with Gasteiger partial charge >= 0.3 is 12.1 Å². The van der Waals surface area contributed by atoms with Crippen LogP contribution in [-0.2, 0) is 30.0 Å². The van der Waals surface area contributed by atoms with Crippen LogP contribution in [0.2, 0.25) is 0 Å². The molecule has 2 aliphatic heterocycles. The number of hydrogen-bond acceptors (Lipinski definition) is 11. The number of carbonyl (C=O) groups is 1. The van der Waals surface area contributed by atoms with E-state index in [9.17, 15) is 26.4 Å². The SMILES string of the molecule is COc1cc(N2CCC(N3CCOCC3)CC2)ccc1N(OC(=O)C(F)(F)F)c1ncc2ccc(-c3ccccc3CS(C)(=O)=O)n2n1. The number of methoxy groups -OCH3 is 1. The number of aromatic nitrogens is 3. The first-order valence-corrected chi connectivity index (χ1v) is 17.4. The lowest BCUT2D eigenvalue weighted by atomic mass is 10.0. The second-order valence-electron chi connectivity index (χ2n) is 11.7. The number of alkyl halides is 3. The Balaban J connectivity index is 1.35. The molecule has 0 amide bonds. The smallest absolute Gasteiger partial charge is 0.493 e. The molecule has 2 aromatic heterocycles. The highest BCUT2D eigenvalue weighted by Crippen LogP contribution is 2.38. The summed E-state index contributed by atoms with van der Waals surface area (Å²) in [5.74, 6) is -2.98. The van der Waals surface area contributed by atoms with Crippen LogP contribution in [0.5, 0.6) is 5.75 Å². The summed E-state index contributed by atoms with van der Waals surface area (Å²) in [7, 11) is -2.03. The Morgan fingerprint density at radius 1 is 1.04 bits per heavy atom. The lowest BCUT2D eigenvalue weighted by Gasteiger charge is -2.41. The van der Waals surface area contributed by atoms with Gasteiger partial charge in [-0.3, -0.25) is 4.90 Å². The van der Waals surface area contributed by atoms with Gasteiger partial charge in [0, 0.05) is 55.8 Å². The fraction of sp³-hybridized carbons (Fsp3) is 0.406. The number of nitrogens with zero attached hydrogens (tertiary/aromatic N) is 6. The van der Waals surface area contributed by atoms with Crippen molar-refractivity contribution in [2.24, 2.45) is 0 Å². The number of ether oxygens (including phenoxy) is 2. The van der Waals surface area contributed by atoms with Crippen LogP contribution in [0.25, 0.3) is 16.8 Å². The maximum atomic E-state index is 13.5. The average Bonchev–Trinajstić information content (AvgIpc) is 3.49. The number of benzene rings is 2. The van der Waals surface area contributed by atoms with Crippen LogP contribution in [0.1, 0.15) is 18.4 Å². The van der Waals surface area contributed by atoms with Crippen LogP contribution >= 0.6 is 0 Å². The highest BCUT2D eigenvalue weighted by molar-refractivity contribution is 7.89. The standard InChI is InChI=1S/C32H35F3N6O6S/c1-45-29-19-24(38-13-11-23(12-14-38)39-15-17-46-18-16-39)7-10-28(29)41(47-30(42)32(33,34)35)31-36-20-25-8-9-27(40(25)37-31)26-6-4-3-5-22(26)21-48(2,43)44/h3-10,19-20,23H,11-18,21H2,1-2H3. The third kappa shape index (κ3) is 7.34. The predicted molar refractivity (Wildman–Crippen MR) is 172 cm³/mol. The first-order chi connectivity index (χ1) is 22.9. The normalized spacial score (nSPS) is 16.6. The zero-order valence-electron chi connectivity index (χ0n) is 26.4. The Morgan fingerprint density at radius 2 is 1.77 bits per heavy atom. The van der Waals surface area contributed by atoms with Crippen molar-refractivity contribution in [3.05, 3.63) is 66.4 Å². The first kappa shape index (κ1) is 33.5. The molecule has 0 N–H and O–H groups in total. The number of sulfone groups is 1. The van der Waals surface area contributed by atoms with E-state index in [1.807, 2.05) is 0 Å². The Morgan fingerprint density at radius 3 is 2.46 bits per heavy atom. The molecule has 6 rings (SSSR count). The van der Waals surface area contributed by atoms with Crippen LogP contribution in [-0.4, -0.2) is 98.9 Å². The number of rotatable bonds is 9. The van der Waals surface area contributed by atoms with Crippen molar-refractivity contribution in [3.63, 3.8) is 0 Å². The second kappa shape index (κ2) is 13.6. The largest absolute Gasteiger partial charge is 0.494 e. The minimum absolute atomic E-state index is 0.0346. The zero-order chi connectivity index (χ0) is 34.1. The molecule has 2 fully saturated rings. The van der Waals surface area contributed by atoms with Gasteiger partial charge in [-0.25, -0.2) is 22.7 Å². The molecule has 2 aliphatic rings. The Hall–Kier alpha value is -4.41. The van der Waals surface area contributed by atoms with E-state index in [4.69, 9.17) is 14.3 Å². The Labute approximate surface area is 275 Å². The second-order valence-corrected chi connectivity index (χ2v) is 13.9. The van der Waals surface area contributed by atoms with Gasteiger partial charge < -0.3 is 19.2 Å². The van der Waals surface area contributed by atoms with E-state index in [1.54, 1.807) is 48.5 Å². The molecule has 4 aromatic rings. The molecular formula is C32H35F3N6O6S. The predicted octanol–water partition coefficient (Wildman–Crippen LogP) is 4.41. The summed E-state index contributed by atoms with van der Waals surface area (Å²) >= 11 is 0. The molecule has 2 saturated heterocycles. The molecule has 0 saturated carbocycles. The van der Waals surface area contributed by atoms with E-state index in [2.05, 4.69) is 19.9 Å². The fourth-order valence-electron chi connectivity index (χ4n) is 6.16. The summed E-state index contributed by atoms with van der Waals surface area (Å²) in [6.07, 6.45) is -0.943. The lowest BCUT2D eigenvalue weighted by molar-refractivity contribution is -0.200. The van der Waals surface area contributed by atoms with Gasteiger partial charge in [-0.2, -0.15) is 13.2 Å². The summed E-state index contributed by atoms with van der Waals surface area (Å²) in [4.78, 5) is 26.0. The molecule has 0 spiro atoms. The van der Waals surface area contributed by atoms with Gasteiger partial charge in [-0.05, 0) is 42.7 Å². The van der Waals surface area contributed by atoms with Crippen LogP contribution in [0.15, 0.2) is 60.8 Å². The molecule has 0 radical (unpaired) electrons. The molecule has 256 valence electrons. The number of morpholine rings is 1. The van der Waals surface area contributed by atoms with Crippen molar-refractivity contribution in [1.82, 2.24) is 19.5 Å². The van der Waals surface area contributed by atoms with Gasteiger partial charge in [0.25, 0.3) is 5.95 Å². The number of fused-ring (bicyclic) bond motifs is 1. The van der Waals surface area contributed by atoms with Crippen molar-refractivity contribution in [3.8, 4) is 17.0 Å². The van der Waals surface area contributed by atoms with E-state index in [0.29, 0.717) is 33.4 Å². The van der Waals surface area contributed by atoms with Gasteiger partial charge in [0.15, 0.2) is 9.84 Å². The van der Waals surface area contributed by atoms with E-state index >= 15 is 0 Å². The third-order valence-electron chi connectivity index (χ3n) is 8.46. The van der Waals surface area contributed by atoms with E-state index in [0.717, 1.165) is 64.2 Å². The van der Waals surface area contributed by atoms with Crippen LogP contribution in [0.3, 0.4) is 0 Å². The average molecular weight is 689 g/mol. The molecule has 0 unspecified atom stereocenters. The molecule has 4 heterocycles. The van der Waals surface area contributed by atoms with Gasteiger partial charge in [-0.1, -0.05) is 24.3 Å². The summed E-state index contributed by atoms with van der Waals surface area (Å²) in [5, 5.41) is 5.05. The van der Waals surface area contributed by atoms with Crippen LogP contribution < -0.4 is 14.7 Å². The zero-order valence-corrected chi connectivity index (χ0v) is 27.2. The number of hydrogen-bond donors (Lipinski definition) is 0. The highest BCUT2D eigenvalue weighted by atomic mass is 32.2. The summed E-state index contributed by atoms with van der Waals surface area (Å²) in [5.41, 5.74) is 2.74. The summed E-state index contributed by atoms with van der Waals surface area (Å²) in [6.45, 7) is 4.82. The summed E-state index contributed by atoms with van der Waals surface area (Å²) < 4.78 is 77.3. The number of halogens is 3. The van der Waals surface area contributed by atoms with Crippen molar-refractivity contribution in [2.45, 2.75) is 30.8 Å². The van der Waals surface area contributed by atoms with E-state index in [-0.39, 0.29) is 17.2 Å². The lowest BCUT2D eigenvalue weighted by Crippen LogP contribution is -2.49. The number of piperidine rings is 1. The number of carbonyl (C=O) groups excluding carboxylic acids is 1. The minimum Gasteiger partial charge on any atom is -0.494 e. The van der Waals surface area contributed by atoms with Crippen molar-refractivity contribution in [1.29, 1.82) is 0 Å². The highest BCUT2D eigenvalue weighted by Gasteiger charge is 2.44. The van der Waals surface area contributed by atoms with Crippen molar-refractivity contribution in [2.75, 3.05) is 62.7 Å². The third-order valence-corrected chi connectivity index (χ3v) is 9.29. The fourth-order valence-corrected chi connectivity index (χ4v) is 6.98. The number of anilines is 3. The van der Waals surface area contributed by atoms with Crippen molar-refractivity contribution >= 4 is 38.6 Å². The van der Waals surface area contributed by atoms with Gasteiger partial charge in [0.2, 0.25) is 0 Å². The molecule has 48 heavy (non-hydrogen) atoms. The Bertz CT molecular complexity index is 1890. The first-order valence-electron chi connectivity index (χ1n) is 15.4. The van der Waals surface area contributed by atoms with E-state index in [1.165, 1.54) is 23.9 Å². The van der Waals surface area contributed by atoms with Crippen LogP contribution in [0, 0.1) is 0 Å². The molecule has 12 nitrogen and oxygen atoms in total. The molecule has 0 aliphatic carbocycles. The van der Waals surface area contributed by atoms with Crippen LogP contribution in [0.4, 0.5) is 30.5 Å². The Kier molecular flexibility index (Phi) is 9.49. The molecule has 0 atom stereocenters. The monoisotopic (exact) mass is 688 g/mol. The maximum Gasteiger partial charge on any atom is 0.493 e.